The summed E-state index contributed by atoms with van der Waals surface area (Å²) in [5.74, 6) is -0.0428. The number of hydrogen-bond acceptors (Lipinski definition) is 5. The summed E-state index contributed by atoms with van der Waals surface area (Å²) in [4.78, 5) is 22.0. The molecule has 0 atom stereocenters. The first-order valence-corrected chi connectivity index (χ1v) is 9.67. The summed E-state index contributed by atoms with van der Waals surface area (Å²) in [6, 6.07) is 12.2. The van der Waals surface area contributed by atoms with Gasteiger partial charge in [-0.2, -0.15) is 0 Å². The fourth-order valence-corrected chi connectivity index (χ4v) is 3.90. The number of benzene rings is 1. The lowest BCUT2D eigenvalue weighted by molar-refractivity contribution is -0.286. The third kappa shape index (κ3) is 3.20. The maximum Gasteiger partial charge on any atom is 0.586 e. The molecule has 0 N–H and O–H groups in total. The minimum Gasteiger partial charge on any atom is -0.395 e. The smallest absolute Gasteiger partial charge is 0.395 e. The van der Waals surface area contributed by atoms with Crippen LogP contribution in [0.1, 0.15) is 29.7 Å². The summed E-state index contributed by atoms with van der Waals surface area (Å²) in [7, 11) is 0. The zero-order valence-corrected chi connectivity index (χ0v) is 16.2. The lowest BCUT2D eigenvalue weighted by Crippen LogP contribution is -2.26. The van der Waals surface area contributed by atoms with Crippen molar-refractivity contribution in [3.63, 3.8) is 0 Å². The first kappa shape index (κ1) is 18.7. The van der Waals surface area contributed by atoms with Crippen molar-refractivity contribution in [2.24, 2.45) is 0 Å². The van der Waals surface area contributed by atoms with E-state index < -0.39 is 11.7 Å². The van der Waals surface area contributed by atoms with E-state index >= 15 is 0 Å². The van der Waals surface area contributed by atoms with Crippen LogP contribution in [-0.4, -0.2) is 22.0 Å². The van der Waals surface area contributed by atoms with Gasteiger partial charge in [0.2, 0.25) is 0 Å². The third-order valence-corrected chi connectivity index (χ3v) is 5.67. The second kappa shape index (κ2) is 6.58. The van der Waals surface area contributed by atoms with Crippen LogP contribution >= 0.6 is 0 Å². The number of pyridine rings is 2. The predicted molar refractivity (Wildman–Crippen MR) is 104 cm³/mol. The van der Waals surface area contributed by atoms with E-state index in [0.717, 1.165) is 16.8 Å². The Labute approximate surface area is 171 Å². The number of nitrogens with zero attached hydrogens (tertiary/aromatic N) is 2. The van der Waals surface area contributed by atoms with Crippen molar-refractivity contribution in [3.05, 3.63) is 71.7 Å². The fourth-order valence-electron chi connectivity index (χ4n) is 3.90. The standard InChI is InChI=1S/C23H18F2N2O3/c1-14-4-6-17(27-21(14)15-3-2-10-26-13-15)12-20(28)22(8-9-22)16-5-7-18-19(11-16)30-23(24,25)29-18/h2-7,10-11,13H,8-9,12H2,1H3. The summed E-state index contributed by atoms with van der Waals surface area (Å²) in [5.41, 5.74) is 3.34. The minimum atomic E-state index is -3.67. The second-order valence-electron chi connectivity index (χ2n) is 7.72. The maximum atomic E-state index is 13.3. The van der Waals surface area contributed by atoms with Gasteiger partial charge in [-0.1, -0.05) is 12.1 Å². The Hall–Kier alpha value is -3.35. The highest BCUT2D eigenvalue weighted by molar-refractivity contribution is 5.94. The Balaban J connectivity index is 1.40. The van der Waals surface area contributed by atoms with Crippen molar-refractivity contribution in [3.8, 4) is 22.8 Å². The van der Waals surface area contributed by atoms with E-state index in [2.05, 4.69) is 19.4 Å². The van der Waals surface area contributed by atoms with Gasteiger partial charge in [0.05, 0.1) is 11.1 Å². The quantitative estimate of drug-likeness (QED) is 0.617. The lowest BCUT2D eigenvalue weighted by atomic mass is 9.88. The van der Waals surface area contributed by atoms with Gasteiger partial charge in [0.15, 0.2) is 11.5 Å². The summed E-state index contributed by atoms with van der Waals surface area (Å²) in [6.07, 6.45) is 1.27. The number of ketones is 1. The van der Waals surface area contributed by atoms with Gasteiger partial charge in [-0.05, 0) is 61.2 Å². The van der Waals surface area contributed by atoms with Gasteiger partial charge in [0.1, 0.15) is 5.78 Å². The predicted octanol–water partition coefficient (Wildman–Crippen LogP) is 4.62. The normalized spacial score (nSPS) is 17.6. The summed E-state index contributed by atoms with van der Waals surface area (Å²) in [6.45, 7) is 1.96. The molecule has 30 heavy (non-hydrogen) atoms. The van der Waals surface area contributed by atoms with E-state index in [0.29, 0.717) is 24.1 Å². The molecule has 0 spiro atoms. The molecule has 1 aliphatic heterocycles. The third-order valence-electron chi connectivity index (χ3n) is 5.67. The van der Waals surface area contributed by atoms with Crippen LogP contribution in [0.25, 0.3) is 11.3 Å². The Morgan fingerprint density at radius 1 is 1.10 bits per heavy atom. The molecule has 0 radical (unpaired) electrons. The molecule has 1 aliphatic carbocycles. The number of carbonyl (C=O) groups excluding carboxylic acids is 1. The number of Topliss-reactive ketones (excluding diaryl/α,β-unsaturated/α-hetero) is 1. The van der Waals surface area contributed by atoms with Gasteiger partial charge in [-0.25, -0.2) is 0 Å². The average Bonchev–Trinajstić information content (AvgIpc) is 3.47. The van der Waals surface area contributed by atoms with E-state index in [1.54, 1.807) is 18.5 Å². The first-order valence-electron chi connectivity index (χ1n) is 9.67. The molecule has 5 rings (SSSR count). The van der Waals surface area contributed by atoms with E-state index in [1.807, 2.05) is 31.2 Å². The van der Waals surface area contributed by atoms with Crippen molar-refractivity contribution in [2.45, 2.75) is 37.9 Å². The van der Waals surface area contributed by atoms with Crippen molar-refractivity contribution in [1.29, 1.82) is 0 Å². The molecule has 0 amide bonds. The summed E-state index contributed by atoms with van der Waals surface area (Å²) < 4.78 is 35.6. The molecule has 0 bridgehead atoms. The molecule has 7 heteroatoms. The highest BCUT2D eigenvalue weighted by Gasteiger charge is 2.52. The van der Waals surface area contributed by atoms with E-state index in [-0.39, 0.29) is 23.7 Å². The van der Waals surface area contributed by atoms with Crippen LogP contribution in [0.15, 0.2) is 54.9 Å². The number of aryl methyl sites for hydroxylation is 1. The molecule has 2 aromatic heterocycles. The van der Waals surface area contributed by atoms with Crippen LogP contribution in [0.4, 0.5) is 8.78 Å². The zero-order chi connectivity index (χ0) is 20.9. The van der Waals surface area contributed by atoms with Crippen LogP contribution in [0.2, 0.25) is 0 Å². The molecular weight excluding hydrogens is 390 g/mol. The van der Waals surface area contributed by atoms with Crippen LogP contribution in [0, 0.1) is 6.92 Å². The number of alkyl halides is 2. The molecule has 1 aromatic carbocycles. The Morgan fingerprint density at radius 3 is 2.63 bits per heavy atom. The Kier molecular flexibility index (Phi) is 4.10. The van der Waals surface area contributed by atoms with Gasteiger partial charge < -0.3 is 9.47 Å². The first-order chi connectivity index (χ1) is 14.4. The number of hydrogen-bond donors (Lipinski definition) is 0. The van der Waals surface area contributed by atoms with Gasteiger partial charge in [0, 0.05) is 30.1 Å². The Morgan fingerprint density at radius 2 is 1.90 bits per heavy atom. The van der Waals surface area contributed by atoms with Crippen molar-refractivity contribution >= 4 is 5.78 Å². The molecule has 3 aromatic rings. The van der Waals surface area contributed by atoms with Crippen LogP contribution in [0.3, 0.4) is 0 Å². The van der Waals surface area contributed by atoms with Crippen molar-refractivity contribution in [1.82, 2.24) is 9.97 Å². The molecule has 1 fully saturated rings. The second-order valence-corrected chi connectivity index (χ2v) is 7.72. The lowest BCUT2D eigenvalue weighted by Gasteiger charge is -2.15. The average molecular weight is 408 g/mol. The van der Waals surface area contributed by atoms with E-state index in [9.17, 15) is 13.6 Å². The fraction of sp³-hybridized carbons (Fsp3) is 0.261. The Bertz CT molecular complexity index is 1140. The SMILES string of the molecule is Cc1ccc(CC(=O)C2(c3ccc4c(c3)OC(F)(F)O4)CC2)nc1-c1cccnc1. The maximum absolute atomic E-state index is 13.3. The van der Waals surface area contributed by atoms with E-state index in [1.165, 1.54) is 12.1 Å². The van der Waals surface area contributed by atoms with Crippen molar-refractivity contribution < 1.29 is 23.0 Å². The van der Waals surface area contributed by atoms with Gasteiger partial charge in [0.25, 0.3) is 0 Å². The highest BCUT2D eigenvalue weighted by Crippen LogP contribution is 2.52. The molecule has 1 saturated carbocycles. The molecular formula is C23H18F2N2O3. The monoisotopic (exact) mass is 408 g/mol. The molecule has 2 aliphatic rings. The number of aromatic nitrogens is 2. The van der Waals surface area contributed by atoms with E-state index in [4.69, 9.17) is 0 Å². The largest absolute Gasteiger partial charge is 0.586 e. The molecule has 3 heterocycles. The summed E-state index contributed by atoms with van der Waals surface area (Å²) >= 11 is 0. The number of ether oxygens (including phenoxy) is 2. The molecule has 152 valence electrons. The number of halogens is 2. The molecule has 0 unspecified atom stereocenters. The van der Waals surface area contributed by atoms with Gasteiger partial charge in [-0.15, -0.1) is 8.78 Å². The van der Waals surface area contributed by atoms with Crippen LogP contribution in [-0.2, 0) is 16.6 Å². The van der Waals surface area contributed by atoms with Gasteiger partial charge in [-0.3, -0.25) is 14.8 Å². The van der Waals surface area contributed by atoms with Gasteiger partial charge >= 0.3 is 6.29 Å². The van der Waals surface area contributed by atoms with Crippen LogP contribution < -0.4 is 9.47 Å². The summed E-state index contributed by atoms with van der Waals surface area (Å²) in [5, 5.41) is 0. The number of fused-ring (bicyclic) bond motifs is 1. The highest BCUT2D eigenvalue weighted by atomic mass is 19.3. The minimum absolute atomic E-state index is 0.0154. The topological polar surface area (TPSA) is 61.3 Å². The number of carbonyl (C=O) groups is 1. The molecule has 0 saturated heterocycles. The molecule has 5 nitrogen and oxygen atoms in total. The number of rotatable bonds is 5. The van der Waals surface area contributed by atoms with Crippen molar-refractivity contribution in [2.75, 3.05) is 0 Å². The van der Waals surface area contributed by atoms with Crippen LogP contribution in [0.5, 0.6) is 11.5 Å². The zero-order valence-electron chi connectivity index (χ0n) is 16.2.